The van der Waals surface area contributed by atoms with E-state index in [2.05, 4.69) is 0 Å². The highest BCUT2D eigenvalue weighted by Crippen LogP contribution is 2.29. The first-order valence-corrected chi connectivity index (χ1v) is 5.21. The summed E-state index contributed by atoms with van der Waals surface area (Å²) in [6.07, 6.45) is -0.776. The molecule has 0 saturated carbocycles. The van der Waals surface area contributed by atoms with Crippen molar-refractivity contribution in [2.75, 3.05) is 0 Å². The van der Waals surface area contributed by atoms with Gasteiger partial charge in [-0.25, -0.2) is 0 Å². The Kier molecular flexibility index (Phi) is 2.93. The van der Waals surface area contributed by atoms with Crippen LogP contribution in [0.5, 0.6) is 5.75 Å². The molecule has 0 saturated heterocycles. The van der Waals surface area contributed by atoms with Crippen LogP contribution in [-0.2, 0) is 0 Å². The first-order valence-electron chi connectivity index (χ1n) is 5.21. The minimum absolute atomic E-state index is 0.136. The normalized spacial score (nSPS) is 12.4. The molecule has 0 amide bonds. The zero-order valence-electron chi connectivity index (χ0n) is 9.09. The minimum atomic E-state index is -0.776. The Bertz CT molecular complexity index is 477. The number of hydrogen-bond donors (Lipinski definition) is 2. The summed E-state index contributed by atoms with van der Waals surface area (Å²) in [5.74, 6) is 0.136. The maximum absolute atomic E-state index is 10.1. The van der Waals surface area contributed by atoms with Crippen molar-refractivity contribution in [2.45, 2.75) is 13.0 Å². The maximum Gasteiger partial charge on any atom is 0.121 e. The van der Waals surface area contributed by atoms with E-state index < -0.39 is 6.10 Å². The summed E-state index contributed by atoms with van der Waals surface area (Å²) in [7, 11) is 0. The number of rotatable bonds is 2. The topological polar surface area (TPSA) is 40.5 Å². The second-order valence-electron chi connectivity index (χ2n) is 3.88. The van der Waals surface area contributed by atoms with Crippen molar-refractivity contribution >= 4 is 0 Å². The van der Waals surface area contributed by atoms with Crippen molar-refractivity contribution in [3.8, 4) is 5.75 Å². The molecule has 0 aliphatic carbocycles. The molecule has 2 nitrogen and oxygen atoms in total. The van der Waals surface area contributed by atoms with Crippen LogP contribution in [0, 0.1) is 6.92 Å². The number of aromatic hydroxyl groups is 1. The fraction of sp³-hybridized carbons (Fsp3) is 0.143. The molecule has 2 N–H and O–H groups in total. The largest absolute Gasteiger partial charge is 0.508 e. The SMILES string of the molecule is Cc1ccc(C(O)c2ccccc2)c(O)c1. The van der Waals surface area contributed by atoms with Crippen molar-refractivity contribution < 1.29 is 10.2 Å². The number of aryl methyl sites for hydroxylation is 1. The predicted molar refractivity (Wildman–Crippen MR) is 63.3 cm³/mol. The molecule has 1 unspecified atom stereocenters. The Morgan fingerprint density at radius 1 is 1.00 bits per heavy atom. The molecular weight excluding hydrogens is 200 g/mol. The van der Waals surface area contributed by atoms with Crippen molar-refractivity contribution in [1.82, 2.24) is 0 Å². The lowest BCUT2D eigenvalue weighted by molar-refractivity contribution is 0.215. The Hall–Kier alpha value is -1.80. The second-order valence-corrected chi connectivity index (χ2v) is 3.88. The van der Waals surface area contributed by atoms with Crippen molar-refractivity contribution in [2.24, 2.45) is 0 Å². The number of phenols is 1. The quantitative estimate of drug-likeness (QED) is 0.807. The summed E-state index contributed by atoms with van der Waals surface area (Å²) < 4.78 is 0. The monoisotopic (exact) mass is 214 g/mol. The molecule has 82 valence electrons. The van der Waals surface area contributed by atoms with E-state index in [1.165, 1.54) is 0 Å². The van der Waals surface area contributed by atoms with E-state index in [1.54, 1.807) is 12.1 Å². The molecule has 1 atom stereocenters. The molecule has 0 fully saturated rings. The molecule has 0 spiro atoms. The van der Waals surface area contributed by atoms with Crippen LogP contribution >= 0.6 is 0 Å². The number of hydrogen-bond acceptors (Lipinski definition) is 2. The summed E-state index contributed by atoms with van der Waals surface area (Å²) in [4.78, 5) is 0. The van der Waals surface area contributed by atoms with Crippen LogP contribution in [0.15, 0.2) is 48.5 Å². The lowest BCUT2D eigenvalue weighted by Crippen LogP contribution is -1.99. The van der Waals surface area contributed by atoms with E-state index in [9.17, 15) is 10.2 Å². The van der Waals surface area contributed by atoms with Gasteiger partial charge in [0.25, 0.3) is 0 Å². The highest BCUT2D eigenvalue weighted by molar-refractivity contribution is 5.41. The Balaban J connectivity index is 2.38. The average molecular weight is 214 g/mol. The van der Waals surface area contributed by atoms with Gasteiger partial charge < -0.3 is 10.2 Å². The number of aliphatic hydroxyl groups excluding tert-OH is 1. The molecule has 0 aliphatic heterocycles. The molecule has 2 heteroatoms. The fourth-order valence-electron chi connectivity index (χ4n) is 1.70. The first kappa shape index (κ1) is 10.7. The lowest BCUT2D eigenvalue weighted by Gasteiger charge is -2.13. The van der Waals surface area contributed by atoms with Gasteiger partial charge in [0.15, 0.2) is 0 Å². The van der Waals surface area contributed by atoms with Crippen LogP contribution in [0.25, 0.3) is 0 Å². The minimum Gasteiger partial charge on any atom is -0.508 e. The number of phenolic OH excluding ortho intramolecular Hbond substituents is 1. The molecule has 0 aliphatic rings. The first-order chi connectivity index (χ1) is 7.68. The highest BCUT2D eigenvalue weighted by Gasteiger charge is 2.13. The van der Waals surface area contributed by atoms with E-state index in [1.807, 2.05) is 43.3 Å². The molecule has 0 bridgehead atoms. The molecule has 0 heterocycles. The van der Waals surface area contributed by atoms with Crippen molar-refractivity contribution in [1.29, 1.82) is 0 Å². The van der Waals surface area contributed by atoms with Gasteiger partial charge in [-0.05, 0) is 24.1 Å². The summed E-state index contributed by atoms with van der Waals surface area (Å²) in [6.45, 7) is 1.90. The van der Waals surface area contributed by atoms with Crippen LogP contribution in [0.3, 0.4) is 0 Å². The summed E-state index contributed by atoms with van der Waals surface area (Å²) in [5.41, 5.74) is 2.29. The van der Waals surface area contributed by atoms with Crippen LogP contribution in [-0.4, -0.2) is 10.2 Å². The van der Waals surface area contributed by atoms with E-state index in [0.29, 0.717) is 5.56 Å². The average Bonchev–Trinajstić information content (AvgIpc) is 2.29. The predicted octanol–water partition coefficient (Wildman–Crippen LogP) is 2.78. The van der Waals surface area contributed by atoms with E-state index in [0.717, 1.165) is 11.1 Å². The Labute approximate surface area is 94.8 Å². The third-order valence-electron chi connectivity index (χ3n) is 2.60. The van der Waals surface area contributed by atoms with Gasteiger partial charge >= 0.3 is 0 Å². The van der Waals surface area contributed by atoms with Crippen LogP contribution in [0.2, 0.25) is 0 Å². The fourth-order valence-corrected chi connectivity index (χ4v) is 1.70. The smallest absolute Gasteiger partial charge is 0.121 e. The van der Waals surface area contributed by atoms with Crippen LogP contribution in [0.4, 0.5) is 0 Å². The number of benzene rings is 2. The lowest BCUT2D eigenvalue weighted by atomic mass is 10.00. The van der Waals surface area contributed by atoms with E-state index >= 15 is 0 Å². The zero-order valence-corrected chi connectivity index (χ0v) is 9.09. The van der Waals surface area contributed by atoms with Gasteiger partial charge in [0.2, 0.25) is 0 Å². The molecular formula is C14H14O2. The van der Waals surface area contributed by atoms with Crippen LogP contribution in [0.1, 0.15) is 22.8 Å². The Morgan fingerprint density at radius 2 is 1.69 bits per heavy atom. The Morgan fingerprint density at radius 3 is 2.31 bits per heavy atom. The van der Waals surface area contributed by atoms with Crippen molar-refractivity contribution in [3.05, 3.63) is 65.2 Å². The third kappa shape index (κ3) is 2.07. The van der Waals surface area contributed by atoms with Crippen LogP contribution < -0.4 is 0 Å². The zero-order chi connectivity index (χ0) is 11.5. The van der Waals surface area contributed by atoms with Gasteiger partial charge in [-0.2, -0.15) is 0 Å². The summed E-state index contributed by atoms with van der Waals surface area (Å²) in [6, 6.07) is 14.6. The molecule has 2 aromatic carbocycles. The molecule has 2 rings (SSSR count). The number of aliphatic hydroxyl groups is 1. The van der Waals surface area contributed by atoms with Gasteiger partial charge in [-0.1, -0.05) is 42.5 Å². The van der Waals surface area contributed by atoms with E-state index in [4.69, 9.17) is 0 Å². The van der Waals surface area contributed by atoms with Gasteiger partial charge in [-0.15, -0.1) is 0 Å². The molecule has 2 aromatic rings. The van der Waals surface area contributed by atoms with Gasteiger partial charge in [-0.3, -0.25) is 0 Å². The molecule has 0 aromatic heterocycles. The third-order valence-corrected chi connectivity index (χ3v) is 2.60. The van der Waals surface area contributed by atoms with Gasteiger partial charge in [0.1, 0.15) is 11.9 Å². The molecule has 0 radical (unpaired) electrons. The molecule has 16 heavy (non-hydrogen) atoms. The van der Waals surface area contributed by atoms with Gasteiger partial charge in [0, 0.05) is 5.56 Å². The van der Waals surface area contributed by atoms with Crippen molar-refractivity contribution in [3.63, 3.8) is 0 Å². The standard InChI is InChI=1S/C14H14O2/c1-10-7-8-12(13(15)9-10)14(16)11-5-3-2-4-6-11/h2-9,14-16H,1H3. The van der Waals surface area contributed by atoms with Gasteiger partial charge in [0.05, 0.1) is 0 Å². The summed E-state index contributed by atoms with van der Waals surface area (Å²) in [5, 5.41) is 19.9. The highest BCUT2D eigenvalue weighted by atomic mass is 16.3. The summed E-state index contributed by atoms with van der Waals surface area (Å²) >= 11 is 0. The second kappa shape index (κ2) is 4.37. The maximum atomic E-state index is 10.1. The van der Waals surface area contributed by atoms with E-state index in [-0.39, 0.29) is 5.75 Å².